The maximum absolute atomic E-state index is 14.0. The minimum Gasteiger partial charge on any atom is -0.331 e. The van der Waals surface area contributed by atoms with Crippen LogP contribution in [-0.2, 0) is 11.8 Å². The molecule has 1 aromatic heterocycles. The van der Waals surface area contributed by atoms with Gasteiger partial charge >= 0.3 is 0 Å². The van der Waals surface area contributed by atoms with Crippen LogP contribution in [0.4, 0.5) is 15.8 Å². The Balaban J connectivity index is 1.75. The van der Waals surface area contributed by atoms with Gasteiger partial charge in [0.25, 0.3) is 5.91 Å². The van der Waals surface area contributed by atoms with Gasteiger partial charge in [-0.25, -0.2) is 9.37 Å². The number of nitrogens with zero attached hydrogens (tertiary/aromatic N) is 2. The molecule has 8 heteroatoms. The van der Waals surface area contributed by atoms with Crippen LogP contribution in [0.1, 0.15) is 33.5 Å². The minimum absolute atomic E-state index is 0.209. The molecule has 7 nitrogen and oxygen atoms in total. The number of aryl methyl sites for hydroxylation is 1. The monoisotopic (exact) mass is 380 g/mol. The lowest BCUT2D eigenvalue weighted by molar-refractivity contribution is -0.114. The largest absolute Gasteiger partial charge is 0.331 e. The van der Waals surface area contributed by atoms with Crippen LogP contribution in [0, 0.1) is 5.82 Å². The number of hydrogen-bond donors (Lipinski definition) is 2. The molecule has 0 aliphatic heterocycles. The summed E-state index contributed by atoms with van der Waals surface area (Å²) < 4.78 is 15.6. The number of imidazole rings is 1. The lowest BCUT2D eigenvalue weighted by Gasteiger charge is -2.09. The molecular formula is C20H17FN4O3. The zero-order valence-electron chi connectivity index (χ0n) is 15.2. The average molecular weight is 380 g/mol. The third kappa shape index (κ3) is 4.12. The molecule has 0 aliphatic rings. The van der Waals surface area contributed by atoms with Gasteiger partial charge in [-0.05, 0) is 42.5 Å². The summed E-state index contributed by atoms with van der Waals surface area (Å²) in [5.74, 6) is -1.67. The van der Waals surface area contributed by atoms with Gasteiger partial charge in [0.15, 0.2) is 5.82 Å². The van der Waals surface area contributed by atoms with Crippen molar-refractivity contribution >= 4 is 29.0 Å². The quantitative estimate of drug-likeness (QED) is 0.666. The van der Waals surface area contributed by atoms with E-state index < -0.39 is 11.7 Å². The summed E-state index contributed by atoms with van der Waals surface area (Å²) in [6, 6.07) is 9.92. The molecule has 1 heterocycles. The van der Waals surface area contributed by atoms with Crippen molar-refractivity contribution in [3.63, 3.8) is 0 Å². The predicted molar refractivity (Wildman–Crippen MR) is 102 cm³/mol. The third-order valence-electron chi connectivity index (χ3n) is 3.96. The molecule has 0 saturated heterocycles. The number of aromatic nitrogens is 2. The average Bonchev–Trinajstić information content (AvgIpc) is 3.09. The number of carbonyl (C=O) groups excluding carboxylic acids is 3. The molecule has 0 atom stereocenters. The summed E-state index contributed by atoms with van der Waals surface area (Å²) in [7, 11) is 1.72. The number of nitrogens with one attached hydrogen (secondary N) is 2. The number of carbonyl (C=O) groups is 3. The summed E-state index contributed by atoms with van der Waals surface area (Å²) in [6.45, 7) is 1.32. The van der Waals surface area contributed by atoms with Gasteiger partial charge in [0, 0.05) is 43.3 Å². The van der Waals surface area contributed by atoms with E-state index in [2.05, 4.69) is 15.6 Å². The van der Waals surface area contributed by atoms with Crippen molar-refractivity contribution in [3.8, 4) is 0 Å². The molecule has 0 radical (unpaired) electrons. The first-order valence-electron chi connectivity index (χ1n) is 8.35. The normalized spacial score (nSPS) is 10.4. The minimum atomic E-state index is -0.715. The van der Waals surface area contributed by atoms with Crippen molar-refractivity contribution in [2.75, 3.05) is 10.6 Å². The highest BCUT2D eigenvalue weighted by Crippen LogP contribution is 2.18. The second-order valence-corrected chi connectivity index (χ2v) is 6.10. The molecule has 0 unspecified atom stereocenters. The Morgan fingerprint density at radius 1 is 1.00 bits per heavy atom. The number of benzene rings is 2. The maximum atomic E-state index is 14.0. The van der Waals surface area contributed by atoms with Crippen LogP contribution in [0.2, 0.25) is 0 Å². The van der Waals surface area contributed by atoms with Gasteiger partial charge in [-0.2, -0.15) is 0 Å². The molecule has 0 spiro atoms. The zero-order valence-corrected chi connectivity index (χ0v) is 15.2. The Bertz CT molecular complexity index is 1060. The smallest absolute Gasteiger partial charge is 0.258 e. The summed E-state index contributed by atoms with van der Waals surface area (Å²) in [4.78, 5) is 39.9. The topological polar surface area (TPSA) is 93.1 Å². The molecule has 3 aromatic rings. The van der Waals surface area contributed by atoms with E-state index in [0.717, 1.165) is 6.07 Å². The lowest BCUT2D eigenvalue weighted by Crippen LogP contribution is -2.15. The van der Waals surface area contributed by atoms with E-state index in [1.165, 1.54) is 25.3 Å². The van der Waals surface area contributed by atoms with Gasteiger partial charge in [-0.1, -0.05) is 0 Å². The predicted octanol–water partition coefficient (Wildman–Crippen LogP) is 3.00. The van der Waals surface area contributed by atoms with E-state index in [0.29, 0.717) is 22.8 Å². The second kappa shape index (κ2) is 7.83. The SMILES string of the molecule is CC(=O)Nc1ccc(F)c(C(=O)Nc2ccc(C(=O)c3nccn3C)cc2)c1. The Hall–Kier alpha value is -3.81. The summed E-state index contributed by atoms with van der Waals surface area (Å²) in [6.07, 6.45) is 3.21. The van der Waals surface area contributed by atoms with Gasteiger partial charge in [-0.3, -0.25) is 14.4 Å². The molecular weight excluding hydrogens is 363 g/mol. The van der Waals surface area contributed by atoms with Crippen LogP contribution >= 0.6 is 0 Å². The standard InChI is InChI=1S/C20H17FN4O3/c1-12(26)23-15-7-8-17(21)16(11-15)20(28)24-14-5-3-13(4-6-14)18(27)19-22-9-10-25(19)2/h3-11H,1-2H3,(H,23,26)(H,24,28). The van der Waals surface area contributed by atoms with Crippen molar-refractivity contribution in [3.05, 3.63) is 77.6 Å². The molecule has 0 bridgehead atoms. The van der Waals surface area contributed by atoms with Crippen LogP contribution in [0.5, 0.6) is 0 Å². The molecule has 0 fully saturated rings. The molecule has 2 amide bonds. The highest BCUT2D eigenvalue weighted by atomic mass is 19.1. The Kier molecular flexibility index (Phi) is 5.30. The summed E-state index contributed by atoms with van der Waals surface area (Å²) in [5.41, 5.74) is 0.909. The number of anilines is 2. The Labute approximate surface area is 160 Å². The molecule has 0 saturated carbocycles. The van der Waals surface area contributed by atoms with Crippen LogP contribution in [0.25, 0.3) is 0 Å². The van der Waals surface area contributed by atoms with Gasteiger partial charge in [0.1, 0.15) is 5.82 Å². The van der Waals surface area contributed by atoms with E-state index in [1.54, 1.807) is 42.1 Å². The van der Waals surface area contributed by atoms with E-state index >= 15 is 0 Å². The van der Waals surface area contributed by atoms with E-state index in [-0.39, 0.29) is 17.3 Å². The number of amides is 2. The molecule has 2 N–H and O–H groups in total. The fourth-order valence-corrected chi connectivity index (χ4v) is 2.60. The Morgan fingerprint density at radius 3 is 2.29 bits per heavy atom. The number of rotatable bonds is 5. The van der Waals surface area contributed by atoms with Crippen molar-refractivity contribution in [1.82, 2.24) is 9.55 Å². The molecule has 3 rings (SSSR count). The van der Waals surface area contributed by atoms with Crippen LogP contribution in [0.3, 0.4) is 0 Å². The van der Waals surface area contributed by atoms with Crippen molar-refractivity contribution in [2.45, 2.75) is 6.92 Å². The molecule has 0 aliphatic carbocycles. The lowest BCUT2D eigenvalue weighted by atomic mass is 10.1. The van der Waals surface area contributed by atoms with Crippen molar-refractivity contribution in [2.24, 2.45) is 7.05 Å². The molecule has 142 valence electrons. The van der Waals surface area contributed by atoms with Gasteiger partial charge in [0.05, 0.1) is 5.56 Å². The summed E-state index contributed by atoms with van der Waals surface area (Å²) >= 11 is 0. The van der Waals surface area contributed by atoms with Gasteiger partial charge < -0.3 is 15.2 Å². The Morgan fingerprint density at radius 2 is 1.68 bits per heavy atom. The van der Waals surface area contributed by atoms with E-state index in [9.17, 15) is 18.8 Å². The molecule has 28 heavy (non-hydrogen) atoms. The number of hydrogen-bond acceptors (Lipinski definition) is 4. The highest BCUT2D eigenvalue weighted by molar-refractivity contribution is 6.08. The molecule has 2 aromatic carbocycles. The van der Waals surface area contributed by atoms with Crippen LogP contribution < -0.4 is 10.6 Å². The fraction of sp³-hybridized carbons (Fsp3) is 0.100. The van der Waals surface area contributed by atoms with Crippen molar-refractivity contribution in [1.29, 1.82) is 0 Å². The fourth-order valence-electron chi connectivity index (χ4n) is 2.60. The number of halogens is 1. The highest BCUT2D eigenvalue weighted by Gasteiger charge is 2.16. The van der Waals surface area contributed by atoms with E-state index in [4.69, 9.17) is 0 Å². The number of ketones is 1. The van der Waals surface area contributed by atoms with Crippen LogP contribution in [0.15, 0.2) is 54.9 Å². The van der Waals surface area contributed by atoms with E-state index in [1.807, 2.05) is 0 Å². The first kappa shape index (κ1) is 19.0. The second-order valence-electron chi connectivity index (χ2n) is 6.10. The third-order valence-corrected chi connectivity index (χ3v) is 3.96. The maximum Gasteiger partial charge on any atom is 0.258 e. The van der Waals surface area contributed by atoms with Gasteiger partial charge in [-0.15, -0.1) is 0 Å². The van der Waals surface area contributed by atoms with Crippen LogP contribution in [-0.4, -0.2) is 27.1 Å². The first-order chi connectivity index (χ1) is 13.3. The van der Waals surface area contributed by atoms with Crippen molar-refractivity contribution < 1.29 is 18.8 Å². The summed E-state index contributed by atoms with van der Waals surface area (Å²) in [5, 5.41) is 5.07. The van der Waals surface area contributed by atoms with Gasteiger partial charge in [0.2, 0.25) is 11.7 Å². The first-order valence-corrected chi connectivity index (χ1v) is 8.35. The zero-order chi connectivity index (χ0) is 20.3.